The Kier molecular flexibility index (Phi) is 4.59. The van der Waals surface area contributed by atoms with Gasteiger partial charge in [0.25, 0.3) is 0 Å². The summed E-state index contributed by atoms with van der Waals surface area (Å²) in [6.07, 6.45) is 0.544. The van der Waals surface area contributed by atoms with Crippen LogP contribution in [0.25, 0.3) is 10.9 Å². The highest BCUT2D eigenvalue weighted by Crippen LogP contribution is 2.26. The Morgan fingerprint density at radius 2 is 1.81 bits per heavy atom. The van der Waals surface area contributed by atoms with E-state index in [1.807, 2.05) is 66.7 Å². The van der Waals surface area contributed by atoms with Crippen molar-refractivity contribution in [3.63, 3.8) is 0 Å². The zero-order valence-electron chi connectivity index (χ0n) is 15.2. The molecule has 0 bridgehead atoms. The van der Waals surface area contributed by atoms with Gasteiger partial charge in [0.1, 0.15) is 5.92 Å². The molecule has 1 unspecified atom stereocenters. The third kappa shape index (κ3) is 3.40. The van der Waals surface area contributed by atoms with E-state index < -0.39 is 5.92 Å². The molecule has 5 heteroatoms. The summed E-state index contributed by atoms with van der Waals surface area (Å²) in [4.78, 5) is 33.5. The summed E-state index contributed by atoms with van der Waals surface area (Å²) in [7, 11) is 1.73. The number of pyridine rings is 1. The van der Waals surface area contributed by atoms with E-state index in [0.717, 1.165) is 22.3 Å². The third-order valence-corrected chi connectivity index (χ3v) is 5.00. The molecule has 4 rings (SSSR count). The van der Waals surface area contributed by atoms with Crippen LogP contribution in [-0.4, -0.2) is 35.3 Å². The molecule has 2 aromatic carbocycles. The summed E-state index contributed by atoms with van der Waals surface area (Å²) in [5, 5.41) is 1.07. The molecule has 0 N–H and O–H groups in total. The van der Waals surface area contributed by atoms with Crippen molar-refractivity contribution in [2.24, 2.45) is 5.92 Å². The van der Waals surface area contributed by atoms with E-state index in [1.165, 1.54) is 0 Å². The Balaban J connectivity index is 1.46. The van der Waals surface area contributed by atoms with Crippen molar-refractivity contribution in [3.05, 3.63) is 72.4 Å². The minimum absolute atomic E-state index is 0.121. The van der Waals surface area contributed by atoms with Crippen molar-refractivity contribution in [1.29, 1.82) is 0 Å². The van der Waals surface area contributed by atoms with Gasteiger partial charge in [-0.1, -0.05) is 42.5 Å². The first-order chi connectivity index (χ1) is 13.1. The van der Waals surface area contributed by atoms with Crippen molar-refractivity contribution in [2.75, 3.05) is 18.5 Å². The predicted molar refractivity (Wildman–Crippen MR) is 105 cm³/mol. The first-order valence-corrected chi connectivity index (χ1v) is 9.09. The maximum atomic E-state index is 12.9. The summed E-state index contributed by atoms with van der Waals surface area (Å²) in [5.74, 6) is -0.881. The van der Waals surface area contributed by atoms with Crippen LogP contribution in [0.3, 0.4) is 0 Å². The molecular formula is C22H21N3O2. The van der Waals surface area contributed by atoms with Crippen LogP contribution in [0, 0.1) is 5.92 Å². The summed E-state index contributed by atoms with van der Waals surface area (Å²) in [5.41, 5.74) is 2.56. The molecule has 1 aliphatic rings. The van der Waals surface area contributed by atoms with Gasteiger partial charge in [-0.15, -0.1) is 0 Å². The number of nitrogens with zero attached hydrogens (tertiary/aromatic N) is 3. The zero-order valence-corrected chi connectivity index (χ0v) is 15.2. The summed E-state index contributed by atoms with van der Waals surface area (Å²) >= 11 is 0. The van der Waals surface area contributed by atoms with Gasteiger partial charge >= 0.3 is 0 Å². The summed E-state index contributed by atoms with van der Waals surface area (Å²) < 4.78 is 0. The number of rotatable bonds is 4. The molecule has 3 aromatic rings. The van der Waals surface area contributed by atoms with E-state index in [4.69, 9.17) is 0 Å². The number of carbonyl (C=O) groups excluding carboxylic acids is 2. The van der Waals surface area contributed by atoms with Gasteiger partial charge in [0, 0.05) is 24.7 Å². The monoisotopic (exact) mass is 359 g/mol. The van der Waals surface area contributed by atoms with E-state index in [0.29, 0.717) is 19.5 Å². The van der Waals surface area contributed by atoms with Crippen LogP contribution in [0.15, 0.2) is 66.7 Å². The van der Waals surface area contributed by atoms with Crippen molar-refractivity contribution < 1.29 is 9.59 Å². The number of amides is 2. The summed E-state index contributed by atoms with van der Waals surface area (Å²) in [6, 6.07) is 21.3. The smallest absolute Gasteiger partial charge is 0.239 e. The second-order valence-corrected chi connectivity index (χ2v) is 6.86. The second-order valence-electron chi connectivity index (χ2n) is 6.86. The molecule has 1 fully saturated rings. The number of hydrogen-bond donors (Lipinski definition) is 0. The third-order valence-electron chi connectivity index (χ3n) is 5.00. The Morgan fingerprint density at radius 1 is 1.07 bits per heavy atom. The maximum absolute atomic E-state index is 12.9. The lowest BCUT2D eigenvalue weighted by Crippen LogP contribution is -2.37. The number of carbonyl (C=O) groups is 2. The summed E-state index contributed by atoms with van der Waals surface area (Å²) in [6.45, 7) is 0.958. The fraction of sp³-hybridized carbons (Fsp3) is 0.227. The van der Waals surface area contributed by atoms with Gasteiger partial charge in [-0.3, -0.25) is 14.6 Å². The number of aromatic nitrogens is 1. The lowest BCUT2D eigenvalue weighted by molar-refractivity contribution is -0.139. The molecule has 1 atom stereocenters. The van der Waals surface area contributed by atoms with E-state index in [2.05, 4.69) is 4.98 Å². The first-order valence-electron chi connectivity index (χ1n) is 9.09. The van der Waals surface area contributed by atoms with E-state index in [1.54, 1.807) is 16.8 Å². The van der Waals surface area contributed by atoms with Crippen LogP contribution in [0.2, 0.25) is 0 Å². The number of benzene rings is 2. The van der Waals surface area contributed by atoms with Gasteiger partial charge in [-0.2, -0.15) is 0 Å². The van der Waals surface area contributed by atoms with Crippen LogP contribution in [0.4, 0.5) is 5.69 Å². The Morgan fingerprint density at radius 3 is 2.63 bits per heavy atom. The molecule has 136 valence electrons. The highest BCUT2D eigenvalue weighted by Gasteiger charge is 2.38. The van der Waals surface area contributed by atoms with Crippen LogP contribution in [0.5, 0.6) is 0 Å². The van der Waals surface area contributed by atoms with Gasteiger partial charge in [0.2, 0.25) is 11.8 Å². The Bertz CT molecular complexity index is 987. The number of hydrogen-bond acceptors (Lipinski definition) is 3. The van der Waals surface area contributed by atoms with Gasteiger partial charge in [0.15, 0.2) is 0 Å². The maximum Gasteiger partial charge on any atom is 0.239 e. The zero-order chi connectivity index (χ0) is 18.8. The highest BCUT2D eigenvalue weighted by atomic mass is 16.2. The molecule has 0 spiro atoms. The van der Waals surface area contributed by atoms with Gasteiger partial charge in [-0.05, 0) is 30.7 Å². The van der Waals surface area contributed by atoms with Crippen molar-refractivity contribution >= 4 is 28.4 Å². The number of fused-ring (bicyclic) bond motifs is 1. The minimum atomic E-state index is -0.615. The topological polar surface area (TPSA) is 53.5 Å². The number of anilines is 1. The van der Waals surface area contributed by atoms with Crippen molar-refractivity contribution in [1.82, 2.24) is 9.88 Å². The van der Waals surface area contributed by atoms with Crippen molar-refractivity contribution in [2.45, 2.75) is 13.0 Å². The van der Waals surface area contributed by atoms with Gasteiger partial charge in [0.05, 0.1) is 17.8 Å². The van der Waals surface area contributed by atoms with Gasteiger partial charge in [-0.25, -0.2) is 0 Å². The van der Waals surface area contributed by atoms with Crippen LogP contribution < -0.4 is 4.90 Å². The number of para-hydroxylation sites is 2. The molecule has 0 radical (unpaired) electrons. The van der Waals surface area contributed by atoms with Gasteiger partial charge < -0.3 is 9.80 Å². The standard InChI is InChI=1S/C22H21N3O2/c1-24(15-17-12-11-16-7-5-6-10-20(16)23-17)21(26)19-13-14-25(22(19)27)18-8-3-2-4-9-18/h2-12,19H,13-15H2,1H3. The molecule has 1 aliphatic heterocycles. The fourth-order valence-electron chi connectivity index (χ4n) is 3.56. The largest absolute Gasteiger partial charge is 0.339 e. The molecule has 5 nitrogen and oxygen atoms in total. The minimum Gasteiger partial charge on any atom is -0.339 e. The fourth-order valence-corrected chi connectivity index (χ4v) is 3.56. The molecule has 1 saturated heterocycles. The van der Waals surface area contributed by atoms with Crippen molar-refractivity contribution in [3.8, 4) is 0 Å². The molecular weight excluding hydrogens is 338 g/mol. The molecule has 2 amide bonds. The molecule has 0 aliphatic carbocycles. The Labute approximate surface area is 158 Å². The lowest BCUT2D eigenvalue weighted by Gasteiger charge is -2.21. The Hall–Kier alpha value is -3.21. The molecule has 27 heavy (non-hydrogen) atoms. The molecule has 2 heterocycles. The average Bonchev–Trinajstić information content (AvgIpc) is 3.09. The van der Waals surface area contributed by atoms with E-state index in [-0.39, 0.29) is 11.8 Å². The molecule has 1 aromatic heterocycles. The highest BCUT2D eigenvalue weighted by molar-refractivity contribution is 6.09. The van der Waals surface area contributed by atoms with Crippen LogP contribution in [0.1, 0.15) is 12.1 Å². The van der Waals surface area contributed by atoms with Crippen LogP contribution >= 0.6 is 0 Å². The normalized spacial score (nSPS) is 16.7. The quantitative estimate of drug-likeness (QED) is 0.672. The average molecular weight is 359 g/mol. The predicted octanol–water partition coefficient (Wildman–Crippen LogP) is 3.25. The van der Waals surface area contributed by atoms with Crippen LogP contribution in [-0.2, 0) is 16.1 Å². The van der Waals surface area contributed by atoms with E-state index in [9.17, 15) is 9.59 Å². The lowest BCUT2D eigenvalue weighted by atomic mass is 10.1. The second kappa shape index (κ2) is 7.19. The molecule has 0 saturated carbocycles. The SMILES string of the molecule is CN(Cc1ccc2ccccc2n1)C(=O)C1CCN(c2ccccc2)C1=O. The first kappa shape index (κ1) is 17.2. The van der Waals surface area contributed by atoms with E-state index >= 15 is 0 Å².